The van der Waals surface area contributed by atoms with E-state index in [1.165, 1.54) is 7.11 Å². The Hall–Kier alpha value is -2.50. The summed E-state index contributed by atoms with van der Waals surface area (Å²) in [5.41, 5.74) is 3.25. The Labute approximate surface area is 208 Å². The summed E-state index contributed by atoms with van der Waals surface area (Å²) in [6.45, 7) is 8.95. The predicted octanol–water partition coefficient (Wildman–Crippen LogP) is 6.63. The zero-order valence-electron chi connectivity index (χ0n) is 20.9. The van der Waals surface area contributed by atoms with Crippen LogP contribution in [0.4, 0.5) is 0 Å². The molecule has 0 N–H and O–H groups in total. The zero-order chi connectivity index (χ0) is 24.7. The van der Waals surface area contributed by atoms with Gasteiger partial charge in [0, 0.05) is 24.1 Å². The molecule has 0 saturated heterocycles. The standard InChI is InChI=1S/C29H36O3SSi/c1-22-16-18-25(19-17-22)33(31)27(21-34(3,4)5)28(24-14-10-7-11-15-24)26(29(30)32-2)20-23-12-8-6-9-13-23/h6-19,26-28H,20-21H2,1-5H3/t26-,27-,28-,33?/m0/s1. The first-order chi connectivity index (χ1) is 16.2. The highest BCUT2D eigenvalue weighted by molar-refractivity contribution is 7.85. The summed E-state index contributed by atoms with van der Waals surface area (Å²) in [6, 6.07) is 29.0. The molecule has 0 aromatic heterocycles. The zero-order valence-corrected chi connectivity index (χ0v) is 22.7. The van der Waals surface area contributed by atoms with E-state index in [0.717, 1.165) is 27.6 Å². The van der Waals surface area contributed by atoms with Crippen molar-refractivity contribution in [2.75, 3.05) is 7.11 Å². The first-order valence-corrected chi connectivity index (χ1v) is 16.8. The lowest BCUT2D eigenvalue weighted by molar-refractivity contribution is -0.146. The molecule has 0 amide bonds. The minimum Gasteiger partial charge on any atom is -0.469 e. The van der Waals surface area contributed by atoms with Crippen LogP contribution in [0.2, 0.25) is 25.7 Å². The molecule has 0 saturated carbocycles. The first kappa shape index (κ1) is 26.1. The third-order valence-corrected chi connectivity index (χ3v) is 9.87. The van der Waals surface area contributed by atoms with E-state index >= 15 is 0 Å². The van der Waals surface area contributed by atoms with Crippen LogP contribution in [0, 0.1) is 12.8 Å². The maximum absolute atomic E-state index is 14.2. The van der Waals surface area contributed by atoms with E-state index < -0.39 is 24.8 Å². The van der Waals surface area contributed by atoms with Crippen LogP contribution in [0.3, 0.4) is 0 Å². The number of rotatable bonds is 10. The van der Waals surface area contributed by atoms with Crippen LogP contribution in [0.25, 0.3) is 0 Å². The number of carbonyl (C=O) groups is 1. The number of esters is 1. The van der Waals surface area contributed by atoms with Crippen molar-refractivity contribution in [3.63, 3.8) is 0 Å². The summed E-state index contributed by atoms with van der Waals surface area (Å²) in [4.78, 5) is 14.1. The third kappa shape index (κ3) is 7.00. The van der Waals surface area contributed by atoms with Gasteiger partial charge in [-0.05, 0) is 42.6 Å². The highest BCUT2D eigenvalue weighted by atomic mass is 32.2. The number of aryl methyl sites for hydroxylation is 1. The molecular formula is C29H36O3SSi. The van der Waals surface area contributed by atoms with Gasteiger partial charge in [-0.1, -0.05) is 98.0 Å². The Kier molecular flexibility index (Phi) is 9.03. The Balaban J connectivity index is 2.16. The van der Waals surface area contributed by atoms with Crippen molar-refractivity contribution < 1.29 is 13.7 Å². The summed E-state index contributed by atoms with van der Waals surface area (Å²) in [7, 11) is -1.48. The van der Waals surface area contributed by atoms with Gasteiger partial charge in [0.2, 0.25) is 0 Å². The van der Waals surface area contributed by atoms with E-state index in [4.69, 9.17) is 4.74 Å². The number of hydrogen-bond acceptors (Lipinski definition) is 3. The van der Waals surface area contributed by atoms with Gasteiger partial charge in [-0.2, -0.15) is 0 Å². The number of methoxy groups -OCH3 is 1. The second kappa shape index (κ2) is 11.8. The van der Waals surface area contributed by atoms with Crippen LogP contribution >= 0.6 is 0 Å². The second-order valence-electron chi connectivity index (χ2n) is 10.2. The van der Waals surface area contributed by atoms with Crippen molar-refractivity contribution in [1.29, 1.82) is 0 Å². The van der Waals surface area contributed by atoms with E-state index in [9.17, 15) is 9.00 Å². The molecule has 0 aliphatic heterocycles. The molecule has 34 heavy (non-hydrogen) atoms. The van der Waals surface area contributed by atoms with E-state index in [1.807, 2.05) is 79.7 Å². The minimum atomic E-state index is -1.65. The van der Waals surface area contributed by atoms with Crippen molar-refractivity contribution in [2.45, 2.75) is 55.1 Å². The SMILES string of the molecule is COC(=O)[C@@H](Cc1ccccc1)[C@H](c1ccccc1)[C@H](C[Si](C)(C)C)S(=O)c1ccc(C)cc1. The maximum Gasteiger partial charge on any atom is 0.309 e. The first-order valence-electron chi connectivity index (χ1n) is 11.8. The molecule has 0 fully saturated rings. The maximum atomic E-state index is 14.2. The molecule has 0 heterocycles. The summed E-state index contributed by atoms with van der Waals surface area (Å²) in [6.07, 6.45) is 0.542. The number of carbonyl (C=O) groups excluding carboxylic acids is 1. The monoisotopic (exact) mass is 492 g/mol. The summed E-state index contributed by atoms with van der Waals surface area (Å²) in [5.74, 6) is -0.924. The third-order valence-electron chi connectivity index (χ3n) is 6.16. The molecule has 3 aromatic carbocycles. The fourth-order valence-electron chi connectivity index (χ4n) is 4.54. The molecule has 180 valence electrons. The summed E-state index contributed by atoms with van der Waals surface area (Å²) >= 11 is 0. The van der Waals surface area contributed by atoms with Gasteiger partial charge < -0.3 is 4.74 Å². The summed E-state index contributed by atoms with van der Waals surface area (Å²) < 4.78 is 19.5. The van der Waals surface area contributed by atoms with Crippen LogP contribution < -0.4 is 0 Å². The predicted molar refractivity (Wildman–Crippen MR) is 144 cm³/mol. The smallest absolute Gasteiger partial charge is 0.309 e. The molecule has 0 aliphatic rings. The van der Waals surface area contributed by atoms with E-state index in [-0.39, 0.29) is 17.1 Å². The topological polar surface area (TPSA) is 43.4 Å². The Morgan fingerprint density at radius 3 is 1.97 bits per heavy atom. The van der Waals surface area contributed by atoms with E-state index in [1.54, 1.807) is 0 Å². The number of ether oxygens (including phenoxy) is 1. The average Bonchev–Trinajstić information content (AvgIpc) is 2.83. The van der Waals surface area contributed by atoms with Crippen LogP contribution in [-0.2, 0) is 26.8 Å². The van der Waals surface area contributed by atoms with E-state index in [2.05, 4.69) is 31.8 Å². The molecule has 0 radical (unpaired) electrons. The Morgan fingerprint density at radius 2 is 1.44 bits per heavy atom. The van der Waals surface area contributed by atoms with Gasteiger partial charge in [0.1, 0.15) is 0 Å². The highest BCUT2D eigenvalue weighted by Gasteiger charge is 2.41. The highest BCUT2D eigenvalue weighted by Crippen LogP contribution is 2.39. The van der Waals surface area contributed by atoms with Crippen LogP contribution in [0.5, 0.6) is 0 Å². The molecule has 0 aliphatic carbocycles. The molecule has 1 unspecified atom stereocenters. The van der Waals surface area contributed by atoms with Gasteiger partial charge in [-0.3, -0.25) is 9.00 Å². The van der Waals surface area contributed by atoms with Crippen LogP contribution in [-0.4, -0.2) is 30.6 Å². The molecular weight excluding hydrogens is 456 g/mol. The molecule has 0 bridgehead atoms. The lowest BCUT2D eigenvalue weighted by Crippen LogP contribution is -2.40. The van der Waals surface area contributed by atoms with Gasteiger partial charge >= 0.3 is 5.97 Å². The molecule has 3 aromatic rings. The molecule has 3 nitrogen and oxygen atoms in total. The van der Waals surface area contributed by atoms with Crippen molar-refractivity contribution >= 4 is 24.8 Å². The normalized spacial score (nSPS) is 15.2. The van der Waals surface area contributed by atoms with Gasteiger partial charge in [-0.15, -0.1) is 0 Å². The largest absolute Gasteiger partial charge is 0.469 e. The molecule has 5 heteroatoms. The lowest BCUT2D eigenvalue weighted by Gasteiger charge is -2.35. The van der Waals surface area contributed by atoms with Crippen LogP contribution in [0.15, 0.2) is 89.8 Å². The van der Waals surface area contributed by atoms with Gasteiger partial charge in [-0.25, -0.2) is 0 Å². The fourth-order valence-corrected chi connectivity index (χ4v) is 9.48. The average molecular weight is 493 g/mol. The van der Waals surface area contributed by atoms with Crippen LogP contribution in [0.1, 0.15) is 22.6 Å². The van der Waals surface area contributed by atoms with Gasteiger partial charge in [0.05, 0.1) is 23.8 Å². The van der Waals surface area contributed by atoms with E-state index in [0.29, 0.717) is 6.42 Å². The fraction of sp³-hybridized carbons (Fsp3) is 0.345. The van der Waals surface area contributed by atoms with Gasteiger partial charge in [0.25, 0.3) is 0 Å². The van der Waals surface area contributed by atoms with Crippen molar-refractivity contribution in [3.05, 3.63) is 102 Å². The number of hydrogen-bond donors (Lipinski definition) is 0. The van der Waals surface area contributed by atoms with Crippen molar-refractivity contribution in [1.82, 2.24) is 0 Å². The van der Waals surface area contributed by atoms with Crippen molar-refractivity contribution in [3.8, 4) is 0 Å². The quantitative estimate of drug-likeness (QED) is 0.236. The minimum absolute atomic E-state index is 0.204. The Bertz CT molecular complexity index is 1080. The Morgan fingerprint density at radius 1 is 0.882 bits per heavy atom. The second-order valence-corrected chi connectivity index (χ2v) is 17.4. The molecule has 4 atom stereocenters. The summed E-state index contributed by atoms with van der Waals surface area (Å²) in [5, 5.41) is -0.204. The van der Waals surface area contributed by atoms with Gasteiger partial charge in [0.15, 0.2) is 0 Å². The lowest BCUT2D eigenvalue weighted by atomic mass is 9.80. The molecule has 3 rings (SSSR count). The molecule has 0 spiro atoms. The van der Waals surface area contributed by atoms with Crippen molar-refractivity contribution in [2.24, 2.45) is 5.92 Å². The number of benzene rings is 3.